The van der Waals surface area contributed by atoms with Crippen LogP contribution < -0.4 is 4.74 Å². The molecule has 1 N–H and O–H groups in total. The summed E-state index contributed by atoms with van der Waals surface area (Å²) < 4.78 is 12.6. The Morgan fingerprint density at radius 3 is 2.46 bits per heavy atom. The van der Waals surface area contributed by atoms with Crippen LogP contribution in [0.15, 0.2) is 48.5 Å². The molecule has 1 amide bonds. The number of β-amino-alcohol motifs (C(OH)–C–C–N with tert-alkyl or cyclic N) is 1. The number of carbonyl (C=O) groups is 1. The monoisotopic (exact) mass is 480 g/mol. The number of aliphatic hydroxyl groups is 1. The Balaban J connectivity index is 1.46. The number of amides is 1. The van der Waals surface area contributed by atoms with Crippen LogP contribution in [0.5, 0.6) is 5.75 Å². The molecule has 2 saturated heterocycles. The first kappa shape index (κ1) is 25.7. The van der Waals surface area contributed by atoms with Gasteiger partial charge in [-0.2, -0.15) is 0 Å². The molecule has 0 bridgehead atoms. The third-order valence-electron chi connectivity index (χ3n) is 6.86. The van der Waals surface area contributed by atoms with Gasteiger partial charge in [0.25, 0.3) is 5.91 Å². The Morgan fingerprint density at radius 1 is 1.17 bits per heavy atom. The van der Waals surface area contributed by atoms with Gasteiger partial charge in [0.1, 0.15) is 5.75 Å². The van der Waals surface area contributed by atoms with Crippen molar-refractivity contribution >= 4 is 5.91 Å². The Hall–Kier alpha value is -2.41. The van der Waals surface area contributed by atoms with Crippen LogP contribution in [0, 0.1) is 6.92 Å². The molecule has 2 aromatic rings. The molecule has 0 aromatic heterocycles. The van der Waals surface area contributed by atoms with Gasteiger partial charge in [0, 0.05) is 38.3 Å². The minimum Gasteiger partial charge on any atom is -0.491 e. The lowest BCUT2D eigenvalue weighted by Gasteiger charge is -2.51. The average Bonchev–Trinajstić information content (AvgIpc) is 2.79. The van der Waals surface area contributed by atoms with Crippen LogP contribution in [-0.4, -0.2) is 70.8 Å². The number of likely N-dealkylation sites (tertiary alicyclic amines) is 1. The highest BCUT2D eigenvalue weighted by Gasteiger charge is 2.44. The van der Waals surface area contributed by atoms with Crippen molar-refractivity contribution in [2.75, 3.05) is 32.7 Å². The standard InChI is InChI=1S/C29H40N2O4/c1-21(2)34-25-12-11-24(17-22(25)3)27(32)31-15-13-29(14-16-31)20-30(19-28(4,5)33)18-26(35-29)23-9-7-6-8-10-23/h6-12,17,21,26,33H,13-16,18-20H2,1-5H3. The molecule has 0 aliphatic carbocycles. The van der Waals surface area contributed by atoms with Gasteiger partial charge >= 0.3 is 0 Å². The normalized spacial score (nSPS) is 20.9. The van der Waals surface area contributed by atoms with E-state index < -0.39 is 5.60 Å². The molecule has 6 nitrogen and oxygen atoms in total. The van der Waals surface area contributed by atoms with Gasteiger partial charge in [-0.3, -0.25) is 9.69 Å². The lowest BCUT2D eigenvalue weighted by atomic mass is 9.87. The maximum absolute atomic E-state index is 13.3. The first-order valence-electron chi connectivity index (χ1n) is 12.8. The molecule has 1 spiro atoms. The second-order valence-corrected chi connectivity index (χ2v) is 11.1. The predicted molar refractivity (Wildman–Crippen MR) is 138 cm³/mol. The molecule has 2 heterocycles. The molecule has 190 valence electrons. The molecule has 4 rings (SSSR count). The Morgan fingerprint density at radius 2 is 1.86 bits per heavy atom. The lowest BCUT2D eigenvalue weighted by molar-refractivity contribution is -0.182. The van der Waals surface area contributed by atoms with E-state index in [-0.39, 0.29) is 23.7 Å². The van der Waals surface area contributed by atoms with Gasteiger partial charge in [-0.1, -0.05) is 30.3 Å². The molecule has 0 saturated carbocycles. The second-order valence-electron chi connectivity index (χ2n) is 11.1. The summed E-state index contributed by atoms with van der Waals surface area (Å²) in [6.45, 7) is 13.1. The van der Waals surface area contributed by atoms with Crippen molar-refractivity contribution in [2.24, 2.45) is 0 Å². The van der Waals surface area contributed by atoms with Crippen LogP contribution in [0.4, 0.5) is 0 Å². The number of carbonyl (C=O) groups excluding carboxylic acids is 1. The summed E-state index contributed by atoms with van der Waals surface area (Å²) in [6.07, 6.45) is 1.60. The van der Waals surface area contributed by atoms with E-state index in [4.69, 9.17) is 9.47 Å². The van der Waals surface area contributed by atoms with Crippen molar-refractivity contribution in [3.8, 4) is 5.75 Å². The number of nitrogens with zero attached hydrogens (tertiary/aromatic N) is 2. The fourth-order valence-corrected chi connectivity index (χ4v) is 5.34. The van der Waals surface area contributed by atoms with Crippen molar-refractivity contribution in [2.45, 2.75) is 70.9 Å². The number of hydrogen-bond acceptors (Lipinski definition) is 5. The van der Waals surface area contributed by atoms with E-state index in [0.717, 1.165) is 42.8 Å². The summed E-state index contributed by atoms with van der Waals surface area (Å²) in [5.41, 5.74) is 1.72. The summed E-state index contributed by atoms with van der Waals surface area (Å²) in [5, 5.41) is 10.5. The summed E-state index contributed by atoms with van der Waals surface area (Å²) in [4.78, 5) is 17.6. The number of aryl methyl sites for hydroxylation is 1. The predicted octanol–water partition coefficient (Wildman–Crippen LogP) is 4.60. The molecular weight excluding hydrogens is 440 g/mol. The molecule has 2 fully saturated rings. The summed E-state index contributed by atoms with van der Waals surface area (Å²) in [6, 6.07) is 16.0. The van der Waals surface area contributed by atoms with Gasteiger partial charge in [-0.05, 0) is 76.8 Å². The zero-order valence-corrected chi connectivity index (χ0v) is 21.8. The van der Waals surface area contributed by atoms with Gasteiger partial charge in [0.05, 0.1) is 23.4 Å². The number of morpholine rings is 1. The number of rotatable bonds is 6. The highest BCUT2D eigenvalue weighted by Crippen LogP contribution is 2.38. The summed E-state index contributed by atoms with van der Waals surface area (Å²) in [5.74, 6) is 0.881. The molecule has 35 heavy (non-hydrogen) atoms. The van der Waals surface area contributed by atoms with E-state index in [1.54, 1.807) is 0 Å². The van der Waals surface area contributed by atoms with Crippen LogP contribution in [-0.2, 0) is 4.74 Å². The van der Waals surface area contributed by atoms with E-state index in [1.165, 1.54) is 0 Å². The number of piperidine rings is 1. The van der Waals surface area contributed by atoms with Crippen molar-refractivity contribution in [1.29, 1.82) is 0 Å². The van der Waals surface area contributed by atoms with Crippen LogP contribution in [0.25, 0.3) is 0 Å². The van der Waals surface area contributed by atoms with Crippen molar-refractivity contribution in [3.63, 3.8) is 0 Å². The van der Waals surface area contributed by atoms with Crippen LogP contribution in [0.3, 0.4) is 0 Å². The lowest BCUT2D eigenvalue weighted by Crippen LogP contribution is -2.59. The van der Waals surface area contributed by atoms with Gasteiger partial charge in [-0.25, -0.2) is 0 Å². The third-order valence-corrected chi connectivity index (χ3v) is 6.86. The topological polar surface area (TPSA) is 62.2 Å². The molecule has 2 aliphatic heterocycles. The van der Waals surface area contributed by atoms with Gasteiger partial charge < -0.3 is 19.5 Å². The zero-order chi connectivity index (χ0) is 25.2. The number of ether oxygens (including phenoxy) is 2. The fraction of sp³-hybridized carbons (Fsp3) is 0.552. The maximum Gasteiger partial charge on any atom is 0.253 e. The Labute approximate surface area is 209 Å². The molecular formula is C29H40N2O4. The highest BCUT2D eigenvalue weighted by atomic mass is 16.5. The zero-order valence-electron chi connectivity index (χ0n) is 21.8. The first-order chi connectivity index (χ1) is 16.5. The molecule has 0 radical (unpaired) electrons. The minimum atomic E-state index is -0.778. The first-order valence-corrected chi connectivity index (χ1v) is 12.8. The van der Waals surface area contributed by atoms with Crippen molar-refractivity contribution < 1.29 is 19.4 Å². The Kier molecular flexibility index (Phi) is 7.55. The van der Waals surface area contributed by atoms with Crippen molar-refractivity contribution in [3.05, 3.63) is 65.2 Å². The minimum absolute atomic E-state index is 0.0503. The molecule has 6 heteroatoms. The van der Waals surface area contributed by atoms with Gasteiger partial charge in [0.15, 0.2) is 0 Å². The SMILES string of the molecule is Cc1cc(C(=O)N2CCC3(CC2)CN(CC(C)(C)O)CC(c2ccccc2)O3)ccc1OC(C)C. The number of hydrogen-bond donors (Lipinski definition) is 1. The van der Waals surface area contributed by atoms with E-state index in [1.807, 2.05) is 75.9 Å². The summed E-state index contributed by atoms with van der Waals surface area (Å²) in [7, 11) is 0. The fourth-order valence-electron chi connectivity index (χ4n) is 5.34. The molecule has 1 unspecified atom stereocenters. The van der Waals surface area contributed by atoms with Gasteiger partial charge in [-0.15, -0.1) is 0 Å². The molecule has 1 atom stereocenters. The van der Waals surface area contributed by atoms with Crippen molar-refractivity contribution in [1.82, 2.24) is 9.80 Å². The summed E-state index contributed by atoms with van der Waals surface area (Å²) >= 11 is 0. The second kappa shape index (κ2) is 10.3. The number of benzene rings is 2. The Bertz CT molecular complexity index is 1010. The van der Waals surface area contributed by atoms with E-state index in [0.29, 0.717) is 25.2 Å². The van der Waals surface area contributed by atoms with E-state index in [2.05, 4.69) is 17.0 Å². The van der Waals surface area contributed by atoms with E-state index >= 15 is 0 Å². The quantitative estimate of drug-likeness (QED) is 0.655. The largest absolute Gasteiger partial charge is 0.491 e. The van der Waals surface area contributed by atoms with Crippen LogP contribution in [0.2, 0.25) is 0 Å². The average molecular weight is 481 g/mol. The van der Waals surface area contributed by atoms with Crippen LogP contribution in [0.1, 0.15) is 68.1 Å². The third kappa shape index (κ3) is 6.43. The van der Waals surface area contributed by atoms with Gasteiger partial charge in [0.2, 0.25) is 0 Å². The smallest absolute Gasteiger partial charge is 0.253 e. The van der Waals surface area contributed by atoms with E-state index in [9.17, 15) is 9.90 Å². The molecule has 2 aromatic carbocycles. The van der Waals surface area contributed by atoms with Crippen LogP contribution >= 0.6 is 0 Å². The molecule has 2 aliphatic rings. The maximum atomic E-state index is 13.3. The highest BCUT2D eigenvalue weighted by molar-refractivity contribution is 5.94.